The van der Waals surface area contributed by atoms with Gasteiger partial charge in [-0.05, 0) is 24.0 Å². The Bertz CT molecular complexity index is 772. The molecule has 0 saturated carbocycles. The number of nitro groups is 1. The molecule has 1 N–H and O–H groups in total. The predicted octanol–water partition coefficient (Wildman–Crippen LogP) is 4.57. The number of nitro benzene ring substituents is 1. The minimum Gasteiger partial charge on any atom is -0.504 e. The van der Waals surface area contributed by atoms with E-state index in [1.807, 2.05) is 24.3 Å². The fourth-order valence-corrected chi connectivity index (χ4v) is 2.35. The first kappa shape index (κ1) is 17.5. The van der Waals surface area contributed by atoms with Crippen LogP contribution in [0, 0.1) is 10.1 Å². The lowest BCUT2D eigenvalue weighted by atomic mass is 9.97. The summed E-state index contributed by atoms with van der Waals surface area (Å²) >= 11 is 0. The summed E-state index contributed by atoms with van der Waals surface area (Å²) in [6, 6.07) is 10.2. The van der Waals surface area contributed by atoms with Gasteiger partial charge in [-0.25, -0.2) is 0 Å². The Morgan fingerprint density at radius 2 is 2.08 bits per heavy atom. The summed E-state index contributed by atoms with van der Waals surface area (Å²) in [6.45, 7) is 4.21. The van der Waals surface area contributed by atoms with Crippen LogP contribution in [-0.2, 0) is 0 Å². The summed E-state index contributed by atoms with van der Waals surface area (Å²) in [6.07, 6.45) is 2.40. The van der Waals surface area contributed by atoms with Crippen LogP contribution >= 0.6 is 0 Å². The summed E-state index contributed by atoms with van der Waals surface area (Å²) in [4.78, 5) is 14.9. The summed E-state index contributed by atoms with van der Waals surface area (Å²) in [5, 5.41) is 21.2. The van der Waals surface area contributed by atoms with Gasteiger partial charge in [0.25, 0.3) is 5.69 Å². The minimum atomic E-state index is -0.535. The van der Waals surface area contributed by atoms with Crippen LogP contribution in [0.4, 0.5) is 11.4 Å². The largest absolute Gasteiger partial charge is 0.504 e. The summed E-state index contributed by atoms with van der Waals surface area (Å²) in [5.74, 6) is 0.209. The van der Waals surface area contributed by atoms with E-state index >= 15 is 0 Å². The monoisotopic (exact) mass is 328 g/mol. The molecule has 1 atom stereocenters. The SMILES string of the molecule is CCC(C)c1ccccc1N=Cc1cc([N+](=O)[O-])cc(OC)c1O. The molecule has 0 saturated heterocycles. The van der Waals surface area contributed by atoms with Gasteiger partial charge in [0.05, 0.1) is 23.8 Å². The number of phenolic OH excluding ortho intramolecular Hbond substituents is 1. The maximum Gasteiger partial charge on any atom is 0.274 e. The Kier molecular flexibility index (Phi) is 5.52. The smallest absolute Gasteiger partial charge is 0.274 e. The van der Waals surface area contributed by atoms with Gasteiger partial charge in [0.1, 0.15) is 0 Å². The second-order valence-electron chi connectivity index (χ2n) is 5.47. The number of benzene rings is 2. The van der Waals surface area contributed by atoms with Crippen LogP contribution in [-0.4, -0.2) is 23.4 Å². The second kappa shape index (κ2) is 7.59. The average Bonchev–Trinajstić information content (AvgIpc) is 2.60. The van der Waals surface area contributed by atoms with Gasteiger partial charge < -0.3 is 9.84 Å². The molecule has 24 heavy (non-hydrogen) atoms. The van der Waals surface area contributed by atoms with E-state index in [0.29, 0.717) is 5.92 Å². The third-order valence-electron chi connectivity index (χ3n) is 3.94. The van der Waals surface area contributed by atoms with Crippen LogP contribution in [0.25, 0.3) is 0 Å². The first-order valence-electron chi connectivity index (χ1n) is 7.66. The molecule has 0 heterocycles. The number of non-ortho nitro benzene ring substituents is 1. The van der Waals surface area contributed by atoms with Crippen LogP contribution in [0.2, 0.25) is 0 Å². The standard InChI is InChI=1S/C18H20N2O4/c1-4-12(2)15-7-5-6-8-16(15)19-11-13-9-14(20(22)23)10-17(24-3)18(13)21/h5-12,21H,4H2,1-3H3. The lowest BCUT2D eigenvalue weighted by Gasteiger charge is -2.11. The molecule has 2 aromatic carbocycles. The topological polar surface area (TPSA) is 85.0 Å². The molecule has 0 radical (unpaired) electrons. The molecule has 2 aromatic rings. The molecule has 0 aromatic heterocycles. The Balaban J connectivity index is 2.46. The number of phenols is 1. The molecular formula is C18H20N2O4. The van der Waals surface area contributed by atoms with Crippen molar-refractivity contribution in [1.29, 1.82) is 0 Å². The molecule has 126 valence electrons. The Labute approximate surface area is 140 Å². The highest BCUT2D eigenvalue weighted by molar-refractivity contribution is 5.88. The van der Waals surface area contributed by atoms with E-state index < -0.39 is 4.92 Å². The maximum atomic E-state index is 11.0. The minimum absolute atomic E-state index is 0.0425. The van der Waals surface area contributed by atoms with Crippen molar-refractivity contribution in [1.82, 2.24) is 0 Å². The summed E-state index contributed by atoms with van der Waals surface area (Å²) < 4.78 is 4.99. The van der Waals surface area contributed by atoms with Crippen molar-refractivity contribution in [2.24, 2.45) is 4.99 Å². The van der Waals surface area contributed by atoms with Crippen LogP contribution in [0.15, 0.2) is 41.4 Å². The van der Waals surface area contributed by atoms with E-state index in [1.54, 1.807) is 0 Å². The molecule has 0 aliphatic heterocycles. The number of para-hydroxylation sites is 1. The number of aliphatic imine (C=N–C) groups is 1. The molecule has 1 unspecified atom stereocenters. The van der Waals surface area contributed by atoms with Crippen LogP contribution in [0.5, 0.6) is 11.5 Å². The number of rotatable bonds is 6. The van der Waals surface area contributed by atoms with Gasteiger partial charge in [0, 0.05) is 17.8 Å². The first-order valence-corrected chi connectivity index (χ1v) is 7.66. The van der Waals surface area contributed by atoms with Gasteiger partial charge >= 0.3 is 0 Å². The van der Waals surface area contributed by atoms with Crippen LogP contribution in [0.1, 0.15) is 37.3 Å². The summed E-state index contributed by atoms with van der Waals surface area (Å²) in [7, 11) is 1.35. The molecular weight excluding hydrogens is 308 g/mol. The van der Waals surface area contributed by atoms with Crippen molar-refractivity contribution >= 4 is 17.6 Å². The summed E-state index contributed by atoms with van der Waals surface area (Å²) in [5.41, 5.74) is 1.94. The van der Waals surface area contributed by atoms with E-state index in [1.165, 1.54) is 25.5 Å². The van der Waals surface area contributed by atoms with E-state index in [4.69, 9.17) is 4.74 Å². The molecule has 0 bridgehead atoms. The number of hydrogen-bond acceptors (Lipinski definition) is 5. The molecule has 0 spiro atoms. The normalized spacial score (nSPS) is 12.3. The third kappa shape index (κ3) is 3.71. The third-order valence-corrected chi connectivity index (χ3v) is 3.94. The van der Waals surface area contributed by atoms with Gasteiger partial charge in [-0.1, -0.05) is 32.0 Å². The highest BCUT2D eigenvalue weighted by atomic mass is 16.6. The van der Waals surface area contributed by atoms with E-state index in [0.717, 1.165) is 17.7 Å². The molecule has 6 nitrogen and oxygen atoms in total. The number of hydrogen-bond donors (Lipinski definition) is 1. The molecule has 0 fully saturated rings. The maximum absolute atomic E-state index is 11.0. The van der Waals surface area contributed by atoms with Crippen molar-refractivity contribution in [3.05, 3.63) is 57.6 Å². The van der Waals surface area contributed by atoms with Crippen molar-refractivity contribution in [3.8, 4) is 11.5 Å². The van der Waals surface area contributed by atoms with Crippen molar-refractivity contribution in [3.63, 3.8) is 0 Å². The van der Waals surface area contributed by atoms with Crippen molar-refractivity contribution in [2.75, 3.05) is 7.11 Å². The average molecular weight is 328 g/mol. The highest BCUT2D eigenvalue weighted by Gasteiger charge is 2.16. The molecule has 6 heteroatoms. The zero-order valence-corrected chi connectivity index (χ0v) is 13.9. The van der Waals surface area contributed by atoms with Crippen LogP contribution in [0.3, 0.4) is 0 Å². The number of methoxy groups -OCH3 is 1. The Morgan fingerprint density at radius 3 is 2.71 bits per heavy atom. The fourth-order valence-electron chi connectivity index (χ4n) is 2.35. The van der Waals surface area contributed by atoms with E-state index in [2.05, 4.69) is 18.8 Å². The highest BCUT2D eigenvalue weighted by Crippen LogP contribution is 2.34. The van der Waals surface area contributed by atoms with E-state index in [9.17, 15) is 15.2 Å². The quantitative estimate of drug-likeness (QED) is 0.478. The van der Waals surface area contributed by atoms with Crippen molar-refractivity contribution < 1.29 is 14.8 Å². The molecule has 2 rings (SSSR count). The van der Waals surface area contributed by atoms with E-state index in [-0.39, 0.29) is 22.7 Å². The Morgan fingerprint density at radius 1 is 1.38 bits per heavy atom. The fraction of sp³-hybridized carbons (Fsp3) is 0.278. The lowest BCUT2D eigenvalue weighted by molar-refractivity contribution is -0.385. The first-order chi connectivity index (χ1) is 11.5. The number of ether oxygens (including phenoxy) is 1. The van der Waals surface area contributed by atoms with Gasteiger partial charge in [-0.2, -0.15) is 0 Å². The van der Waals surface area contributed by atoms with Gasteiger partial charge in [0.2, 0.25) is 0 Å². The lowest BCUT2D eigenvalue weighted by Crippen LogP contribution is -1.95. The van der Waals surface area contributed by atoms with Gasteiger partial charge in [-0.3, -0.25) is 15.1 Å². The van der Waals surface area contributed by atoms with Gasteiger partial charge in [0.15, 0.2) is 11.5 Å². The van der Waals surface area contributed by atoms with Gasteiger partial charge in [-0.15, -0.1) is 0 Å². The zero-order valence-electron chi connectivity index (χ0n) is 13.9. The zero-order chi connectivity index (χ0) is 17.7. The molecule has 0 aliphatic rings. The predicted molar refractivity (Wildman–Crippen MR) is 93.7 cm³/mol. The molecule has 0 aliphatic carbocycles. The molecule has 0 amide bonds. The second-order valence-corrected chi connectivity index (χ2v) is 5.47. The Hall–Kier alpha value is -2.89. The van der Waals surface area contributed by atoms with Crippen molar-refractivity contribution in [2.45, 2.75) is 26.2 Å². The van der Waals surface area contributed by atoms with Crippen LogP contribution < -0.4 is 4.74 Å². The number of nitrogens with zero attached hydrogens (tertiary/aromatic N) is 2. The number of aromatic hydroxyl groups is 1.